The molecule has 2 aromatic carbocycles. The molecule has 2 aromatic rings. The number of piperidine rings is 1. The minimum absolute atomic E-state index is 0.463. The van der Waals surface area contributed by atoms with E-state index in [-0.39, 0.29) is 0 Å². The lowest BCUT2D eigenvalue weighted by atomic mass is 9.77. The minimum Gasteiger partial charge on any atom is -0.368 e. The van der Waals surface area contributed by atoms with E-state index in [1.807, 2.05) is 5.49 Å². The summed E-state index contributed by atoms with van der Waals surface area (Å²) < 4.78 is 0. The van der Waals surface area contributed by atoms with Gasteiger partial charge in [0.05, 0.1) is 5.49 Å². The summed E-state index contributed by atoms with van der Waals surface area (Å²) in [5.41, 5.74) is 4.67. The highest BCUT2D eigenvalue weighted by Gasteiger charge is 2.28. The van der Waals surface area contributed by atoms with Crippen molar-refractivity contribution in [3.63, 3.8) is 0 Å². The van der Waals surface area contributed by atoms with Crippen molar-refractivity contribution in [3.8, 4) is 0 Å². The number of hydrogen-bond donors (Lipinski definition) is 0. The first kappa shape index (κ1) is 14.3. The smallest absolute Gasteiger partial charge is 0.0641 e. The molecule has 0 spiro atoms. The van der Waals surface area contributed by atoms with Gasteiger partial charge in [-0.1, -0.05) is 72.9 Å². The fraction of sp³-hybridized carbons (Fsp3) is 0.316. The van der Waals surface area contributed by atoms with E-state index >= 15 is 0 Å². The van der Waals surface area contributed by atoms with Crippen molar-refractivity contribution in [2.24, 2.45) is 5.92 Å². The number of benzene rings is 2. The first-order valence-corrected chi connectivity index (χ1v) is 8.15. The third kappa shape index (κ3) is 3.33. The molecular formula is C19H21NS. The van der Waals surface area contributed by atoms with Gasteiger partial charge in [0.25, 0.3) is 0 Å². The summed E-state index contributed by atoms with van der Waals surface area (Å²) in [6, 6.07) is 21.8. The van der Waals surface area contributed by atoms with Gasteiger partial charge in [-0.25, -0.2) is 0 Å². The molecule has 1 aliphatic rings. The molecule has 0 saturated carbocycles. The monoisotopic (exact) mass is 295 g/mol. The molecule has 1 unspecified atom stereocenters. The molecule has 2 heteroatoms. The summed E-state index contributed by atoms with van der Waals surface area (Å²) in [5.74, 6) is 1.09. The molecule has 1 nitrogen and oxygen atoms in total. The van der Waals surface area contributed by atoms with Gasteiger partial charge in [0.2, 0.25) is 0 Å². The second-order valence-corrected chi connectivity index (χ2v) is 6.01. The quantitative estimate of drug-likeness (QED) is 0.765. The van der Waals surface area contributed by atoms with Crippen LogP contribution in [0.3, 0.4) is 0 Å². The highest BCUT2D eigenvalue weighted by atomic mass is 32.1. The van der Waals surface area contributed by atoms with Crippen LogP contribution >= 0.6 is 12.2 Å². The van der Waals surface area contributed by atoms with Gasteiger partial charge in [0, 0.05) is 19.0 Å². The van der Waals surface area contributed by atoms with Crippen LogP contribution in [-0.4, -0.2) is 23.5 Å². The van der Waals surface area contributed by atoms with Gasteiger partial charge in [-0.05, 0) is 29.9 Å². The van der Waals surface area contributed by atoms with Crippen LogP contribution in [-0.2, 0) is 0 Å². The molecule has 0 aromatic heterocycles. The van der Waals surface area contributed by atoms with Crippen LogP contribution < -0.4 is 0 Å². The van der Waals surface area contributed by atoms with Crippen LogP contribution in [0.5, 0.6) is 0 Å². The molecule has 1 aliphatic heterocycles. The first-order valence-electron chi connectivity index (χ1n) is 7.67. The largest absolute Gasteiger partial charge is 0.368 e. The molecule has 0 N–H and O–H groups in total. The van der Waals surface area contributed by atoms with Gasteiger partial charge in [-0.3, -0.25) is 0 Å². The van der Waals surface area contributed by atoms with Crippen molar-refractivity contribution in [2.75, 3.05) is 13.1 Å². The van der Waals surface area contributed by atoms with E-state index in [2.05, 4.69) is 65.6 Å². The lowest BCUT2D eigenvalue weighted by Gasteiger charge is -2.36. The Morgan fingerprint density at radius 2 is 1.52 bits per heavy atom. The fourth-order valence-corrected chi connectivity index (χ4v) is 3.66. The molecule has 0 amide bonds. The Kier molecular flexibility index (Phi) is 4.66. The summed E-state index contributed by atoms with van der Waals surface area (Å²) >= 11 is 5.15. The minimum atomic E-state index is 0.463. The van der Waals surface area contributed by atoms with E-state index in [9.17, 15) is 0 Å². The summed E-state index contributed by atoms with van der Waals surface area (Å²) in [6.07, 6.45) is 2.50. The van der Waals surface area contributed by atoms with Gasteiger partial charge in [0.15, 0.2) is 0 Å². The van der Waals surface area contributed by atoms with Crippen LogP contribution in [0.1, 0.15) is 29.9 Å². The van der Waals surface area contributed by atoms with Crippen LogP contribution in [0.15, 0.2) is 60.7 Å². The summed E-state index contributed by atoms with van der Waals surface area (Å²) in [4.78, 5) is 2.29. The number of likely N-dealkylation sites (tertiary alicyclic amines) is 1. The highest BCUT2D eigenvalue weighted by molar-refractivity contribution is 7.78. The van der Waals surface area contributed by atoms with Crippen molar-refractivity contribution in [2.45, 2.75) is 18.8 Å². The van der Waals surface area contributed by atoms with Crippen molar-refractivity contribution in [1.82, 2.24) is 4.90 Å². The molecule has 1 saturated heterocycles. The standard InChI is InChI=1S/C19H21NS/c21-15-20-13-7-12-18(14-20)19(16-8-3-1-4-9-16)17-10-5-2-6-11-17/h1-6,8-11,15,18-19H,7,12-14H2. The van der Waals surface area contributed by atoms with Crippen molar-refractivity contribution in [1.29, 1.82) is 0 Å². The Bertz CT molecular complexity index is 527. The number of hydrogen-bond acceptors (Lipinski definition) is 1. The molecule has 1 atom stereocenters. The third-order valence-electron chi connectivity index (χ3n) is 4.43. The van der Waals surface area contributed by atoms with E-state index in [0.29, 0.717) is 11.8 Å². The average molecular weight is 295 g/mol. The van der Waals surface area contributed by atoms with E-state index in [1.54, 1.807) is 0 Å². The Hall–Kier alpha value is -1.67. The predicted octanol–water partition coefficient (Wildman–Crippen LogP) is 4.49. The second kappa shape index (κ2) is 6.86. The average Bonchev–Trinajstić information content (AvgIpc) is 2.57. The van der Waals surface area contributed by atoms with Gasteiger partial charge in [-0.15, -0.1) is 0 Å². The summed E-state index contributed by atoms with van der Waals surface area (Å²) in [6.45, 7) is 2.17. The SMILES string of the molecule is S=CN1CCCC(C(c2ccccc2)c2ccccc2)C1. The maximum Gasteiger partial charge on any atom is 0.0641 e. The van der Waals surface area contributed by atoms with E-state index in [0.717, 1.165) is 13.1 Å². The summed E-state index contributed by atoms with van der Waals surface area (Å²) in [7, 11) is 0. The van der Waals surface area contributed by atoms with Crippen LogP contribution in [0.4, 0.5) is 0 Å². The molecule has 0 aliphatic carbocycles. The zero-order valence-electron chi connectivity index (χ0n) is 12.2. The lowest BCUT2D eigenvalue weighted by Crippen LogP contribution is -2.36. The highest BCUT2D eigenvalue weighted by Crippen LogP contribution is 2.36. The molecule has 1 heterocycles. The molecule has 108 valence electrons. The Balaban J connectivity index is 1.94. The normalized spacial score (nSPS) is 18.7. The molecule has 0 radical (unpaired) electrons. The summed E-state index contributed by atoms with van der Waals surface area (Å²) in [5, 5.41) is 0. The Labute approximate surface area is 132 Å². The number of rotatable bonds is 4. The Morgan fingerprint density at radius 3 is 2.05 bits per heavy atom. The van der Waals surface area contributed by atoms with Crippen LogP contribution in [0, 0.1) is 5.92 Å². The number of nitrogens with zero attached hydrogens (tertiary/aromatic N) is 1. The van der Waals surface area contributed by atoms with Crippen molar-refractivity contribution >= 4 is 17.7 Å². The molecular weight excluding hydrogens is 274 g/mol. The van der Waals surface area contributed by atoms with Gasteiger partial charge >= 0.3 is 0 Å². The fourth-order valence-electron chi connectivity index (χ4n) is 3.47. The maximum atomic E-state index is 5.15. The molecule has 0 bridgehead atoms. The van der Waals surface area contributed by atoms with Gasteiger partial charge in [0.1, 0.15) is 0 Å². The molecule has 3 rings (SSSR count). The topological polar surface area (TPSA) is 3.24 Å². The van der Waals surface area contributed by atoms with E-state index < -0.39 is 0 Å². The first-order chi connectivity index (χ1) is 10.4. The van der Waals surface area contributed by atoms with E-state index in [1.165, 1.54) is 24.0 Å². The predicted molar refractivity (Wildman–Crippen MR) is 92.7 cm³/mol. The zero-order valence-corrected chi connectivity index (χ0v) is 13.0. The Morgan fingerprint density at radius 1 is 0.952 bits per heavy atom. The molecule has 21 heavy (non-hydrogen) atoms. The lowest BCUT2D eigenvalue weighted by molar-refractivity contribution is 0.248. The number of thiocarbonyl (C=S) groups is 1. The van der Waals surface area contributed by atoms with Gasteiger partial charge < -0.3 is 4.90 Å². The third-order valence-corrected chi connectivity index (χ3v) is 4.73. The van der Waals surface area contributed by atoms with Crippen molar-refractivity contribution in [3.05, 3.63) is 71.8 Å². The molecule has 1 fully saturated rings. The van der Waals surface area contributed by atoms with E-state index in [4.69, 9.17) is 12.2 Å². The second-order valence-electron chi connectivity index (χ2n) is 5.80. The van der Waals surface area contributed by atoms with Crippen molar-refractivity contribution < 1.29 is 0 Å². The van der Waals surface area contributed by atoms with Crippen LogP contribution in [0.2, 0.25) is 0 Å². The zero-order chi connectivity index (χ0) is 14.5. The van der Waals surface area contributed by atoms with Crippen LogP contribution in [0.25, 0.3) is 0 Å². The van der Waals surface area contributed by atoms with Gasteiger partial charge in [-0.2, -0.15) is 0 Å². The maximum absolute atomic E-state index is 5.15.